The first-order valence-corrected chi connectivity index (χ1v) is 6.70. The lowest BCUT2D eigenvalue weighted by Gasteiger charge is -2.17. The summed E-state index contributed by atoms with van der Waals surface area (Å²) in [4.78, 5) is 11.9. The summed E-state index contributed by atoms with van der Waals surface area (Å²) in [6.07, 6.45) is 0.566. The van der Waals surface area contributed by atoms with Gasteiger partial charge in [0.1, 0.15) is 6.04 Å². The molecule has 3 nitrogen and oxygen atoms in total. The van der Waals surface area contributed by atoms with E-state index in [0.717, 1.165) is 11.3 Å². The van der Waals surface area contributed by atoms with Gasteiger partial charge in [0.05, 0.1) is 7.11 Å². The number of hydrogen-bond acceptors (Lipinski definition) is 3. The van der Waals surface area contributed by atoms with Gasteiger partial charge in [-0.1, -0.05) is 41.9 Å². The average molecular weight is 290 g/mol. The molecule has 0 aromatic heterocycles. The first-order chi connectivity index (χ1) is 9.69. The van der Waals surface area contributed by atoms with Crippen LogP contribution in [0.1, 0.15) is 5.56 Å². The summed E-state index contributed by atoms with van der Waals surface area (Å²) < 4.78 is 4.85. The molecule has 0 aliphatic rings. The van der Waals surface area contributed by atoms with Crippen molar-refractivity contribution >= 4 is 23.3 Å². The van der Waals surface area contributed by atoms with Crippen LogP contribution in [-0.2, 0) is 16.0 Å². The SMILES string of the molecule is COC(=O)C(Cc1ccccc1)Nc1ccc(Cl)cc1. The van der Waals surface area contributed by atoms with E-state index in [2.05, 4.69) is 5.32 Å². The molecule has 0 aliphatic heterocycles. The molecule has 2 aromatic rings. The Morgan fingerprint density at radius 2 is 1.80 bits per heavy atom. The number of halogens is 1. The molecular formula is C16H16ClNO2. The molecule has 104 valence electrons. The summed E-state index contributed by atoms with van der Waals surface area (Å²) in [5.74, 6) is -0.288. The van der Waals surface area contributed by atoms with Gasteiger partial charge < -0.3 is 10.1 Å². The van der Waals surface area contributed by atoms with Crippen LogP contribution in [0.2, 0.25) is 5.02 Å². The number of esters is 1. The number of rotatable bonds is 5. The number of benzene rings is 2. The molecule has 2 rings (SSSR count). The molecule has 4 heteroatoms. The van der Waals surface area contributed by atoms with Crippen LogP contribution in [0.3, 0.4) is 0 Å². The second-order valence-corrected chi connectivity index (χ2v) is 4.85. The number of carbonyl (C=O) groups excluding carboxylic acids is 1. The van der Waals surface area contributed by atoms with Gasteiger partial charge in [0.2, 0.25) is 0 Å². The first kappa shape index (κ1) is 14.4. The summed E-state index contributed by atoms with van der Waals surface area (Å²) >= 11 is 5.85. The molecule has 0 saturated carbocycles. The van der Waals surface area contributed by atoms with Gasteiger partial charge >= 0.3 is 5.97 Å². The van der Waals surface area contributed by atoms with Crippen LogP contribution in [0, 0.1) is 0 Å². The van der Waals surface area contributed by atoms with E-state index in [9.17, 15) is 4.79 Å². The number of nitrogens with one attached hydrogen (secondary N) is 1. The topological polar surface area (TPSA) is 38.3 Å². The van der Waals surface area contributed by atoms with E-state index in [4.69, 9.17) is 16.3 Å². The highest BCUT2D eigenvalue weighted by molar-refractivity contribution is 6.30. The smallest absolute Gasteiger partial charge is 0.328 e. The van der Waals surface area contributed by atoms with Crippen molar-refractivity contribution in [3.63, 3.8) is 0 Å². The Morgan fingerprint density at radius 1 is 1.15 bits per heavy atom. The van der Waals surface area contributed by atoms with E-state index in [-0.39, 0.29) is 5.97 Å². The fourth-order valence-corrected chi connectivity index (χ4v) is 2.06. The number of methoxy groups -OCH3 is 1. The molecule has 2 aromatic carbocycles. The van der Waals surface area contributed by atoms with Crippen LogP contribution >= 0.6 is 11.6 Å². The van der Waals surface area contributed by atoms with Gasteiger partial charge in [0.15, 0.2) is 0 Å². The lowest BCUT2D eigenvalue weighted by Crippen LogP contribution is -2.32. The Labute approximate surface area is 123 Å². The van der Waals surface area contributed by atoms with Crippen molar-refractivity contribution in [3.8, 4) is 0 Å². The lowest BCUT2D eigenvalue weighted by atomic mass is 10.1. The van der Waals surface area contributed by atoms with E-state index in [0.29, 0.717) is 11.4 Å². The van der Waals surface area contributed by atoms with Crippen LogP contribution in [0.25, 0.3) is 0 Å². The number of hydrogen-bond donors (Lipinski definition) is 1. The van der Waals surface area contributed by atoms with Crippen LogP contribution in [0.4, 0.5) is 5.69 Å². The van der Waals surface area contributed by atoms with E-state index in [1.165, 1.54) is 7.11 Å². The quantitative estimate of drug-likeness (QED) is 0.856. The Kier molecular flexibility index (Phi) is 5.02. The number of ether oxygens (including phenoxy) is 1. The zero-order chi connectivity index (χ0) is 14.4. The summed E-state index contributed by atoms with van der Waals surface area (Å²) in [7, 11) is 1.39. The monoisotopic (exact) mass is 289 g/mol. The van der Waals surface area contributed by atoms with E-state index in [1.807, 2.05) is 42.5 Å². The lowest BCUT2D eigenvalue weighted by molar-refractivity contribution is -0.141. The summed E-state index contributed by atoms with van der Waals surface area (Å²) in [5, 5.41) is 3.83. The van der Waals surface area contributed by atoms with Crippen LogP contribution in [0.15, 0.2) is 54.6 Å². The molecule has 20 heavy (non-hydrogen) atoms. The van der Waals surface area contributed by atoms with Crippen molar-refractivity contribution in [2.45, 2.75) is 12.5 Å². The van der Waals surface area contributed by atoms with Gasteiger partial charge in [-0.3, -0.25) is 0 Å². The van der Waals surface area contributed by atoms with Gasteiger partial charge in [0, 0.05) is 17.1 Å². The average Bonchev–Trinajstić information content (AvgIpc) is 2.49. The standard InChI is InChI=1S/C16H16ClNO2/c1-20-16(19)15(11-12-5-3-2-4-6-12)18-14-9-7-13(17)8-10-14/h2-10,15,18H,11H2,1H3. The highest BCUT2D eigenvalue weighted by atomic mass is 35.5. The Balaban J connectivity index is 2.11. The van der Waals surface area contributed by atoms with E-state index in [1.54, 1.807) is 12.1 Å². The van der Waals surface area contributed by atoms with E-state index < -0.39 is 6.04 Å². The van der Waals surface area contributed by atoms with Crippen molar-refractivity contribution in [1.29, 1.82) is 0 Å². The molecule has 0 aliphatic carbocycles. The number of anilines is 1. The van der Waals surface area contributed by atoms with Crippen molar-refractivity contribution < 1.29 is 9.53 Å². The molecule has 0 radical (unpaired) electrons. The maximum absolute atomic E-state index is 11.9. The van der Waals surface area contributed by atoms with Crippen molar-refractivity contribution in [2.24, 2.45) is 0 Å². The normalized spacial score (nSPS) is 11.7. The second kappa shape index (κ2) is 6.96. The Hall–Kier alpha value is -2.00. The van der Waals surface area contributed by atoms with Gasteiger partial charge in [0.25, 0.3) is 0 Å². The molecule has 0 fully saturated rings. The second-order valence-electron chi connectivity index (χ2n) is 4.42. The predicted octanol–water partition coefficient (Wildman–Crippen LogP) is 3.54. The van der Waals surface area contributed by atoms with Gasteiger partial charge in [-0.15, -0.1) is 0 Å². The van der Waals surface area contributed by atoms with Gasteiger partial charge in [-0.05, 0) is 29.8 Å². The first-order valence-electron chi connectivity index (χ1n) is 6.33. The minimum Gasteiger partial charge on any atom is -0.467 e. The molecule has 1 N–H and O–H groups in total. The largest absolute Gasteiger partial charge is 0.467 e. The molecule has 0 heterocycles. The highest BCUT2D eigenvalue weighted by Gasteiger charge is 2.19. The molecule has 0 saturated heterocycles. The van der Waals surface area contributed by atoms with Crippen LogP contribution in [0.5, 0.6) is 0 Å². The van der Waals surface area contributed by atoms with Gasteiger partial charge in [-0.2, -0.15) is 0 Å². The highest BCUT2D eigenvalue weighted by Crippen LogP contribution is 2.16. The maximum Gasteiger partial charge on any atom is 0.328 e. The molecule has 0 spiro atoms. The summed E-state index contributed by atoms with van der Waals surface area (Å²) in [5.41, 5.74) is 1.91. The minimum absolute atomic E-state index is 0.288. The molecule has 1 atom stereocenters. The zero-order valence-electron chi connectivity index (χ0n) is 11.2. The molecular weight excluding hydrogens is 274 g/mol. The van der Waals surface area contributed by atoms with Crippen LogP contribution in [-0.4, -0.2) is 19.1 Å². The Morgan fingerprint density at radius 3 is 2.40 bits per heavy atom. The third-order valence-electron chi connectivity index (χ3n) is 2.95. The van der Waals surface area contributed by atoms with E-state index >= 15 is 0 Å². The summed E-state index contributed by atoms with van der Waals surface area (Å²) in [6, 6.07) is 16.6. The third-order valence-corrected chi connectivity index (χ3v) is 3.21. The number of carbonyl (C=O) groups is 1. The zero-order valence-corrected chi connectivity index (χ0v) is 11.9. The fraction of sp³-hybridized carbons (Fsp3) is 0.188. The molecule has 0 amide bonds. The third kappa shape index (κ3) is 4.00. The van der Waals surface area contributed by atoms with Crippen molar-refractivity contribution in [1.82, 2.24) is 0 Å². The van der Waals surface area contributed by atoms with Crippen LogP contribution < -0.4 is 5.32 Å². The Bertz CT molecular complexity index is 554. The van der Waals surface area contributed by atoms with Crippen molar-refractivity contribution in [2.75, 3.05) is 12.4 Å². The maximum atomic E-state index is 11.9. The molecule has 0 bridgehead atoms. The van der Waals surface area contributed by atoms with Crippen molar-refractivity contribution in [3.05, 3.63) is 65.2 Å². The van der Waals surface area contributed by atoms with Gasteiger partial charge in [-0.25, -0.2) is 4.79 Å². The molecule has 1 unspecified atom stereocenters. The minimum atomic E-state index is -0.427. The predicted molar refractivity (Wildman–Crippen MR) is 81.0 cm³/mol. The summed E-state index contributed by atoms with van der Waals surface area (Å²) in [6.45, 7) is 0. The fourth-order valence-electron chi connectivity index (χ4n) is 1.93.